The van der Waals surface area contributed by atoms with Gasteiger partial charge in [0.05, 0.1) is 30.0 Å². The highest BCUT2D eigenvalue weighted by Gasteiger charge is 2.31. The van der Waals surface area contributed by atoms with Gasteiger partial charge >= 0.3 is 5.97 Å². The van der Waals surface area contributed by atoms with E-state index in [2.05, 4.69) is 12.1 Å². The Morgan fingerprint density at radius 2 is 1.87 bits per heavy atom. The summed E-state index contributed by atoms with van der Waals surface area (Å²) in [6, 6.07) is 15.1. The quantitative estimate of drug-likeness (QED) is 0.365. The van der Waals surface area contributed by atoms with Crippen LogP contribution in [0.25, 0.3) is 11.1 Å². The molecule has 0 N–H and O–H groups in total. The van der Waals surface area contributed by atoms with Gasteiger partial charge in [-0.2, -0.15) is 0 Å². The molecule has 30 heavy (non-hydrogen) atoms. The van der Waals surface area contributed by atoms with Crippen LogP contribution in [0.15, 0.2) is 58.0 Å². The SMILES string of the molecule is CCCCOC(=O)C[C@@H]1N=C(c2ccc(Cl)cc2)c2ccccc2-c2c(C)noc21. The predicted molar refractivity (Wildman–Crippen MR) is 117 cm³/mol. The smallest absolute Gasteiger partial charge is 0.308 e. The van der Waals surface area contributed by atoms with Crippen LogP contribution in [-0.4, -0.2) is 23.4 Å². The average molecular weight is 423 g/mol. The number of carbonyl (C=O) groups excluding carboxylic acids is 1. The first kappa shape index (κ1) is 20.4. The summed E-state index contributed by atoms with van der Waals surface area (Å²) < 4.78 is 11.1. The summed E-state index contributed by atoms with van der Waals surface area (Å²) in [5, 5.41) is 4.82. The number of fused-ring (bicyclic) bond motifs is 3. The normalized spacial score (nSPS) is 15.0. The summed E-state index contributed by atoms with van der Waals surface area (Å²) in [6.45, 7) is 4.38. The van der Waals surface area contributed by atoms with Gasteiger partial charge in [0.2, 0.25) is 0 Å². The number of halogens is 1. The maximum atomic E-state index is 12.5. The van der Waals surface area contributed by atoms with E-state index in [1.807, 2.05) is 55.5 Å². The Kier molecular flexibility index (Phi) is 6.00. The van der Waals surface area contributed by atoms with Crippen molar-refractivity contribution in [3.63, 3.8) is 0 Å². The number of ether oxygens (including phenoxy) is 1. The van der Waals surface area contributed by atoms with Crippen LogP contribution in [0.1, 0.15) is 54.8 Å². The number of esters is 1. The zero-order chi connectivity index (χ0) is 21.1. The third kappa shape index (κ3) is 4.03. The molecule has 0 spiro atoms. The van der Waals surface area contributed by atoms with Crippen LogP contribution >= 0.6 is 11.6 Å². The molecule has 0 unspecified atom stereocenters. The van der Waals surface area contributed by atoms with Crippen LogP contribution in [0.3, 0.4) is 0 Å². The topological polar surface area (TPSA) is 64.7 Å². The predicted octanol–water partition coefficient (Wildman–Crippen LogP) is 5.93. The molecule has 0 radical (unpaired) electrons. The van der Waals surface area contributed by atoms with Crippen molar-refractivity contribution in [2.24, 2.45) is 4.99 Å². The van der Waals surface area contributed by atoms with Gasteiger partial charge in [0, 0.05) is 16.1 Å². The summed E-state index contributed by atoms with van der Waals surface area (Å²) in [5.74, 6) is 0.301. The van der Waals surface area contributed by atoms with E-state index in [1.54, 1.807) is 0 Å². The van der Waals surface area contributed by atoms with Gasteiger partial charge in [-0.15, -0.1) is 0 Å². The molecule has 0 aliphatic carbocycles. The lowest BCUT2D eigenvalue weighted by Crippen LogP contribution is -2.12. The number of unbranched alkanes of at least 4 members (excludes halogenated alkanes) is 1. The molecular weight excluding hydrogens is 400 g/mol. The van der Waals surface area contributed by atoms with Crippen LogP contribution in [0.4, 0.5) is 0 Å². The van der Waals surface area contributed by atoms with E-state index in [4.69, 9.17) is 25.9 Å². The molecule has 4 rings (SSSR count). The minimum Gasteiger partial charge on any atom is -0.466 e. The van der Waals surface area contributed by atoms with Crippen molar-refractivity contribution >= 4 is 23.3 Å². The molecule has 0 fully saturated rings. The standard InChI is InChI=1S/C24H23ClN2O3/c1-3-4-13-29-21(28)14-20-24-22(15(2)27-30-24)18-7-5-6-8-19(18)23(26-20)16-9-11-17(25)12-10-16/h5-12,20H,3-4,13-14H2,1-2H3/t20-/m0/s1. The molecular formula is C24H23ClN2O3. The second-order valence-corrected chi connectivity index (χ2v) is 7.77. The molecule has 5 nitrogen and oxygen atoms in total. The average Bonchev–Trinajstić information content (AvgIpc) is 3.07. The van der Waals surface area contributed by atoms with Gasteiger partial charge in [0.1, 0.15) is 6.04 Å². The number of carbonyl (C=O) groups is 1. The maximum Gasteiger partial charge on any atom is 0.308 e. The molecule has 1 atom stereocenters. The van der Waals surface area contributed by atoms with Gasteiger partial charge in [0.25, 0.3) is 0 Å². The fraction of sp³-hybridized carbons (Fsp3) is 0.292. The zero-order valence-electron chi connectivity index (χ0n) is 17.0. The van der Waals surface area contributed by atoms with Crippen molar-refractivity contribution in [1.29, 1.82) is 0 Å². The maximum absolute atomic E-state index is 12.5. The number of aromatic nitrogens is 1. The van der Waals surface area contributed by atoms with Crippen molar-refractivity contribution in [1.82, 2.24) is 5.16 Å². The minimum atomic E-state index is -0.520. The molecule has 3 aromatic rings. The summed E-state index contributed by atoms with van der Waals surface area (Å²) >= 11 is 6.09. The van der Waals surface area contributed by atoms with Crippen molar-refractivity contribution < 1.29 is 14.1 Å². The van der Waals surface area contributed by atoms with E-state index >= 15 is 0 Å². The Bertz CT molecular complexity index is 1090. The van der Waals surface area contributed by atoms with Gasteiger partial charge in [-0.05, 0) is 31.0 Å². The molecule has 1 aromatic heterocycles. The zero-order valence-corrected chi connectivity index (χ0v) is 17.8. The van der Waals surface area contributed by atoms with E-state index < -0.39 is 6.04 Å². The molecule has 2 aromatic carbocycles. The lowest BCUT2D eigenvalue weighted by Gasteiger charge is -2.12. The van der Waals surface area contributed by atoms with Crippen molar-refractivity contribution in [2.45, 2.75) is 39.2 Å². The number of rotatable bonds is 6. The molecule has 0 amide bonds. The van der Waals surface area contributed by atoms with E-state index in [-0.39, 0.29) is 12.4 Å². The van der Waals surface area contributed by atoms with Crippen LogP contribution in [0.2, 0.25) is 5.02 Å². The van der Waals surface area contributed by atoms with E-state index in [0.717, 1.165) is 46.5 Å². The number of aryl methyl sites for hydroxylation is 1. The molecule has 0 saturated heterocycles. The van der Waals surface area contributed by atoms with Crippen LogP contribution in [-0.2, 0) is 9.53 Å². The van der Waals surface area contributed by atoms with Crippen LogP contribution in [0, 0.1) is 6.92 Å². The second kappa shape index (κ2) is 8.84. The van der Waals surface area contributed by atoms with Gasteiger partial charge in [-0.3, -0.25) is 9.79 Å². The monoisotopic (exact) mass is 422 g/mol. The molecule has 1 aliphatic heterocycles. The van der Waals surface area contributed by atoms with Gasteiger partial charge in [-0.1, -0.05) is 66.5 Å². The number of benzene rings is 2. The fourth-order valence-corrected chi connectivity index (χ4v) is 3.78. The Morgan fingerprint density at radius 1 is 1.13 bits per heavy atom. The third-order valence-corrected chi connectivity index (χ3v) is 5.42. The minimum absolute atomic E-state index is 0.0937. The lowest BCUT2D eigenvalue weighted by molar-refractivity contribution is -0.144. The Hall–Kier alpha value is -2.92. The van der Waals surface area contributed by atoms with Crippen molar-refractivity contribution in [2.75, 3.05) is 6.61 Å². The van der Waals surface area contributed by atoms with E-state index in [1.165, 1.54) is 0 Å². The number of hydrogen-bond acceptors (Lipinski definition) is 5. The molecule has 6 heteroatoms. The molecule has 0 bridgehead atoms. The second-order valence-electron chi connectivity index (χ2n) is 7.33. The molecule has 1 aliphatic rings. The Balaban J connectivity index is 1.81. The van der Waals surface area contributed by atoms with E-state index in [9.17, 15) is 4.79 Å². The highest BCUT2D eigenvalue weighted by Crippen LogP contribution is 2.40. The first-order chi connectivity index (χ1) is 14.6. The first-order valence-electron chi connectivity index (χ1n) is 10.1. The number of nitrogens with zero attached hydrogens (tertiary/aromatic N) is 2. The molecule has 154 valence electrons. The summed E-state index contributed by atoms with van der Waals surface area (Å²) in [7, 11) is 0. The van der Waals surface area contributed by atoms with Crippen LogP contribution < -0.4 is 0 Å². The Morgan fingerprint density at radius 3 is 2.60 bits per heavy atom. The van der Waals surface area contributed by atoms with Crippen LogP contribution in [0.5, 0.6) is 0 Å². The van der Waals surface area contributed by atoms with Gasteiger partial charge in [-0.25, -0.2) is 0 Å². The number of hydrogen-bond donors (Lipinski definition) is 0. The fourth-order valence-electron chi connectivity index (χ4n) is 3.66. The van der Waals surface area contributed by atoms with Gasteiger partial charge in [0.15, 0.2) is 5.76 Å². The summed E-state index contributed by atoms with van der Waals surface area (Å²) in [4.78, 5) is 17.5. The molecule has 0 saturated carbocycles. The number of aliphatic imine (C=N–C) groups is 1. The third-order valence-electron chi connectivity index (χ3n) is 5.17. The van der Waals surface area contributed by atoms with Crippen molar-refractivity contribution in [3.8, 4) is 11.1 Å². The van der Waals surface area contributed by atoms with Crippen molar-refractivity contribution in [3.05, 3.63) is 76.1 Å². The largest absolute Gasteiger partial charge is 0.466 e. The highest BCUT2D eigenvalue weighted by atomic mass is 35.5. The van der Waals surface area contributed by atoms with E-state index in [0.29, 0.717) is 17.4 Å². The first-order valence-corrected chi connectivity index (χ1v) is 10.5. The Labute approximate surface area is 180 Å². The van der Waals surface area contributed by atoms with Gasteiger partial charge < -0.3 is 9.26 Å². The highest BCUT2D eigenvalue weighted by molar-refractivity contribution is 6.30. The summed E-state index contributed by atoms with van der Waals surface area (Å²) in [5.41, 5.74) is 5.33. The lowest BCUT2D eigenvalue weighted by atomic mass is 9.93. The summed E-state index contributed by atoms with van der Waals surface area (Å²) in [6.07, 6.45) is 1.90. The molecule has 2 heterocycles.